The molecule has 1 heterocycles. The number of carbonyl (C=O) groups excluding carboxylic acids is 5. The lowest BCUT2D eigenvalue weighted by molar-refractivity contribution is -0.253. The highest BCUT2D eigenvalue weighted by molar-refractivity contribution is 5.75. The van der Waals surface area contributed by atoms with Crippen molar-refractivity contribution < 1.29 is 47.7 Å². The van der Waals surface area contributed by atoms with Crippen molar-refractivity contribution in [3.05, 3.63) is 34.9 Å². The summed E-state index contributed by atoms with van der Waals surface area (Å²) in [5.41, 5.74) is 3.01. The predicted octanol–water partition coefficient (Wildman–Crippen LogP) is 4.67. The third kappa shape index (κ3) is 14.0. The monoisotopic (exact) mass is 633 g/mol. The Morgan fingerprint density at radius 1 is 0.800 bits per heavy atom. The maximum absolute atomic E-state index is 12.3. The van der Waals surface area contributed by atoms with Crippen molar-refractivity contribution in [3.8, 4) is 0 Å². The van der Waals surface area contributed by atoms with Crippen LogP contribution in [0, 0.1) is 12.8 Å². The third-order valence-corrected chi connectivity index (χ3v) is 7.62. The Balaban J connectivity index is 2.08. The van der Waals surface area contributed by atoms with Gasteiger partial charge in [-0.3, -0.25) is 24.0 Å². The van der Waals surface area contributed by atoms with Gasteiger partial charge in [0.15, 0.2) is 18.3 Å². The van der Waals surface area contributed by atoms with Crippen molar-refractivity contribution >= 4 is 29.8 Å². The van der Waals surface area contributed by atoms with E-state index < -0.39 is 54.4 Å². The molecule has 5 unspecified atom stereocenters. The third-order valence-electron chi connectivity index (χ3n) is 7.62. The Labute approximate surface area is 267 Å². The van der Waals surface area contributed by atoms with Crippen molar-refractivity contribution in [2.75, 3.05) is 6.61 Å². The van der Waals surface area contributed by atoms with Crippen LogP contribution in [0.5, 0.6) is 0 Å². The van der Waals surface area contributed by atoms with E-state index in [1.165, 1.54) is 40.5 Å². The molecule has 5 atom stereocenters. The summed E-state index contributed by atoms with van der Waals surface area (Å²) in [7, 11) is 0. The van der Waals surface area contributed by atoms with E-state index in [4.69, 9.17) is 23.7 Å². The van der Waals surface area contributed by atoms with Gasteiger partial charge >= 0.3 is 23.9 Å². The summed E-state index contributed by atoms with van der Waals surface area (Å²) in [5, 5.41) is 3.00. The highest BCUT2D eigenvalue weighted by atomic mass is 16.7. The minimum atomic E-state index is -1.18. The summed E-state index contributed by atoms with van der Waals surface area (Å²) >= 11 is 0. The first-order valence-electron chi connectivity index (χ1n) is 15.9. The molecule has 1 N–H and O–H groups in total. The van der Waals surface area contributed by atoms with Crippen LogP contribution in [0.3, 0.4) is 0 Å². The van der Waals surface area contributed by atoms with Gasteiger partial charge < -0.3 is 29.0 Å². The zero-order chi connectivity index (χ0) is 33.5. The molecular formula is C34H51NO10. The van der Waals surface area contributed by atoms with Crippen molar-refractivity contribution in [1.82, 2.24) is 5.32 Å². The number of esters is 4. The quantitative estimate of drug-likeness (QED) is 0.146. The van der Waals surface area contributed by atoms with Crippen LogP contribution in [0.25, 0.3) is 0 Å². The van der Waals surface area contributed by atoms with Gasteiger partial charge in [0.2, 0.25) is 5.91 Å². The lowest BCUT2D eigenvalue weighted by Gasteiger charge is -2.44. The maximum Gasteiger partial charge on any atom is 0.303 e. The molecule has 0 aliphatic carbocycles. The zero-order valence-corrected chi connectivity index (χ0v) is 27.8. The topological polar surface area (TPSA) is 144 Å². The first kappa shape index (κ1) is 37.7. The normalized spacial score (nSPS) is 21.1. The van der Waals surface area contributed by atoms with Gasteiger partial charge in [0.25, 0.3) is 0 Å². The molecule has 1 amide bonds. The first-order valence-corrected chi connectivity index (χ1v) is 15.9. The minimum Gasteiger partial charge on any atom is -0.463 e. The van der Waals surface area contributed by atoms with E-state index in [0.717, 1.165) is 36.0 Å². The molecule has 1 fully saturated rings. The van der Waals surface area contributed by atoms with Gasteiger partial charge in [0.1, 0.15) is 12.7 Å². The van der Waals surface area contributed by atoms with Gasteiger partial charge in [0, 0.05) is 40.7 Å². The number of nitrogens with one attached hydrogen (secondary N) is 1. The van der Waals surface area contributed by atoms with Crippen LogP contribution >= 0.6 is 0 Å². The van der Waals surface area contributed by atoms with E-state index in [1.807, 2.05) is 25.1 Å². The molecule has 1 saturated heterocycles. The number of rotatable bonds is 17. The fourth-order valence-corrected chi connectivity index (χ4v) is 5.48. The summed E-state index contributed by atoms with van der Waals surface area (Å²) in [5.74, 6) is -1.76. The van der Waals surface area contributed by atoms with E-state index in [2.05, 4.69) is 19.2 Å². The van der Waals surface area contributed by atoms with Crippen LogP contribution in [0.4, 0.5) is 0 Å². The van der Waals surface area contributed by atoms with Crippen LogP contribution in [0.2, 0.25) is 0 Å². The van der Waals surface area contributed by atoms with Crippen LogP contribution in [-0.4, -0.2) is 66.9 Å². The maximum atomic E-state index is 12.3. The van der Waals surface area contributed by atoms with Crippen LogP contribution in [0.1, 0.15) is 103 Å². The molecule has 11 heteroatoms. The second kappa shape index (κ2) is 19.1. The smallest absolute Gasteiger partial charge is 0.303 e. The average molecular weight is 634 g/mol. The molecule has 0 saturated carbocycles. The molecule has 0 aromatic heterocycles. The number of amides is 1. The SMILES string of the molecule is CC(=O)OCC1OC(CCc2ccc(CNC(=O)CCCCCCC(C)C)cc2C)C(OC(C)=O)C(OC(C)=O)C1OC(C)=O. The summed E-state index contributed by atoms with van der Waals surface area (Å²) in [6, 6.07) is 5.97. The molecule has 252 valence electrons. The fraction of sp³-hybridized carbons (Fsp3) is 0.676. The van der Waals surface area contributed by atoms with E-state index >= 15 is 0 Å². The second-order valence-corrected chi connectivity index (χ2v) is 12.2. The number of hydrogen-bond acceptors (Lipinski definition) is 10. The summed E-state index contributed by atoms with van der Waals surface area (Å²) in [4.78, 5) is 60.0. The highest BCUT2D eigenvalue weighted by Gasteiger charge is 2.51. The summed E-state index contributed by atoms with van der Waals surface area (Å²) in [6.45, 7) is 11.5. The lowest BCUT2D eigenvalue weighted by atomic mass is 9.90. The van der Waals surface area contributed by atoms with Crippen LogP contribution in [-0.2, 0) is 60.6 Å². The van der Waals surface area contributed by atoms with E-state index in [1.54, 1.807) is 0 Å². The molecule has 45 heavy (non-hydrogen) atoms. The largest absolute Gasteiger partial charge is 0.463 e. The minimum absolute atomic E-state index is 0.0456. The molecular weight excluding hydrogens is 582 g/mol. The van der Waals surface area contributed by atoms with Crippen LogP contribution in [0.15, 0.2) is 18.2 Å². The van der Waals surface area contributed by atoms with Crippen molar-refractivity contribution in [2.24, 2.45) is 5.92 Å². The summed E-state index contributed by atoms with van der Waals surface area (Å²) < 4.78 is 27.9. The number of aryl methyl sites for hydroxylation is 2. The molecule has 1 aliphatic rings. The number of carbonyl (C=O) groups is 5. The van der Waals surface area contributed by atoms with Gasteiger partial charge in [-0.05, 0) is 48.8 Å². The van der Waals surface area contributed by atoms with Crippen molar-refractivity contribution in [2.45, 2.75) is 137 Å². The standard InChI is InChI=1S/C34H51NO10/c1-21(2)12-10-8-9-11-13-31(40)35-19-27-14-15-28(22(3)18-27)16-17-29-32(42-24(5)37)34(44-26(7)39)33(43-25(6)38)30(45-29)20-41-23(4)36/h14-15,18,21,29-30,32-34H,8-13,16-17,19-20H2,1-7H3,(H,35,40). The number of benzene rings is 1. The molecule has 11 nitrogen and oxygen atoms in total. The van der Waals surface area contributed by atoms with Crippen molar-refractivity contribution in [3.63, 3.8) is 0 Å². The van der Waals surface area contributed by atoms with E-state index in [9.17, 15) is 24.0 Å². The Morgan fingerprint density at radius 2 is 1.40 bits per heavy atom. The molecule has 1 aromatic carbocycles. The zero-order valence-electron chi connectivity index (χ0n) is 27.8. The highest BCUT2D eigenvalue weighted by Crippen LogP contribution is 2.32. The Morgan fingerprint density at radius 3 is 1.98 bits per heavy atom. The molecule has 0 bridgehead atoms. The molecule has 1 aliphatic heterocycles. The lowest BCUT2D eigenvalue weighted by Crippen LogP contribution is -2.62. The fourth-order valence-electron chi connectivity index (χ4n) is 5.48. The summed E-state index contributed by atoms with van der Waals surface area (Å²) in [6.07, 6.45) is 1.77. The van der Waals surface area contributed by atoms with Gasteiger partial charge in [-0.15, -0.1) is 0 Å². The Kier molecular flexibility index (Phi) is 16.0. The predicted molar refractivity (Wildman–Crippen MR) is 166 cm³/mol. The number of ether oxygens (including phenoxy) is 5. The van der Waals surface area contributed by atoms with Gasteiger partial charge in [-0.25, -0.2) is 0 Å². The number of hydrogen-bond donors (Lipinski definition) is 1. The first-order chi connectivity index (χ1) is 21.3. The van der Waals surface area contributed by atoms with Gasteiger partial charge in [-0.2, -0.15) is 0 Å². The van der Waals surface area contributed by atoms with Crippen LogP contribution < -0.4 is 5.32 Å². The number of unbranched alkanes of at least 4 members (excludes halogenated alkanes) is 3. The molecule has 2 rings (SSSR count). The Hall–Kier alpha value is -3.47. The molecule has 0 radical (unpaired) electrons. The van der Waals surface area contributed by atoms with Gasteiger partial charge in [-0.1, -0.05) is 57.7 Å². The molecule has 0 spiro atoms. The van der Waals surface area contributed by atoms with Gasteiger partial charge in [0.05, 0.1) is 6.10 Å². The van der Waals surface area contributed by atoms with E-state index in [-0.39, 0.29) is 12.5 Å². The van der Waals surface area contributed by atoms with Crippen molar-refractivity contribution in [1.29, 1.82) is 0 Å². The van der Waals surface area contributed by atoms with E-state index in [0.29, 0.717) is 31.7 Å². The second-order valence-electron chi connectivity index (χ2n) is 12.2. The average Bonchev–Trinajstić information content (AvgIpc) is 2.94. The Bertz CT molecular complexity index is 1150. The molecule has 1 aromatic rings.